The fourth-order valence-electron chi connectivity index (χ4n) is 3.66. The summed E-state index contributed by atoms with van der Waals surface area (Å²) in [6.45, 7) is 7.47. The summed E-state index contributed by atoms with van der Waals surface area (Å²) >= 11 is 0. The molecule has 0 spiro atoms. The van der Waals surface area contributed by atoms with Crippen molar-refractivity contribution in [1.29, 1.82) is 0 Å². The predicted molar refractivity (Wildman–Crippen MR) is 93.7 cm³/mol. The maximum absolute atomic E-state index is 14.7. The molecule has 1 aromatic heterocycles. The van der Waals surface area contributed by atoms with Crippen molar-refractivity contribution in [2.45, 2.75) is 45.2 Å². The first kappa shape index (κ1) is 18.4. The lowest BCUT2D eigenvalue weighted by atomic mass is 9.93. The van der Waals surface area contributed by atoms with Crippen molar-refractivity contribution in [2.24, 2.45) is 11.7 Å². The van der Waals surface area contributed by atoms with Gasteiger partial charge in [-0.3, -0.25) is 4.79 Å². The van der Waals surface area contributed by atoms with Crippen molar-refractivity contribution in [3.63, 3.8) is 0 Å². The van der Waals surface area contributed by atoms with Crippen LogP contribution in [0.5, 0.6) is 0 Å². The van der Waals surface area contributed by atoms with Crippen molar-refractivity contribution >= 4 is 5.91 Å². The Balaban J connectivity index is 2.01. The number of carbonyl (C=O) groups is 1. The summed E-state index contributed by atoms with van der Waals surface area (Å²) in [5, 5.41) is 12.3. The average molecular weight is 361 g/mol. The van der Waals surface area contributed by atoms with E-state index < -0.39 is 0 Å². The van der Waals surface area contributed by atoms with E-state index in [4.69, 9.17) is 5.73 Å². The lowest BCUT2D eigenvalue weighted by molar-refractivity contribution is -0.932. The molecule has 2 heterocycles. The Kier molecular flexibility index (Phi) is 5.04. The lowest BCUT2D eigenvalue weighted by Crippen LogP contribution is -3.13. The number of halogens is 1. The van der Waals surface area contributed by atoms with Crippen LogP contribution in [0.4, 0.5) is 4.39 Å². The quantitative estimate of drug-likeness (QED) is 0.827. The van der Waals surface area contributed by atoms with Gasteiger partial charge in [-0.25, -0.2) is 9.07 Å². The van der Waals surface area contributed by atoms with Crippen molar-refractivity contribution in [2.75, 3.05) is 13.1 Å². The largest absolute Gasteiger partial charge is 0.369 e. The van der Waals surface area contributed by atoms with Gasteiger partial charge in [0.15, 0.2) is 6.04 Å². The third kappa shape index (κ3) is 3.60. The molecule has 7 nitrogen and oxygen atoms in total. The number of rotatable bonds is 4. The van der Waals surface area contributed by atoms with Crippen LogP contribution in [0.2, 0.25) is 0 Å². The van der Waals surface area contributed by atoms with E-state index >= 15 is 0 Å². The molecular weight excluding hydrogens is 335 g/mol. The highest BCUT2D eigenvalue weighted by Crippen LogP contribution is 2.25. The van der Waals surface area contributed by atoms with Crippen LogP contribution in [0.1, 0.15) is 51.0 Å². The molecule has 26 heavy (non-hydrogen) atoms. The molecule has 1 saturated heterocycles. The Morgan fingerprint density at radius 2 is 1.96 bits per heavy atom. The number of nitrogens with zero attached hydrogens (tertiary/aromatic N) is 4. The Hall–Kier alpha value is -2.35. The van der Waals surface area contributed by atoms with E-state index in [0.717, 1.165) is 4.90 Å². The van der Waals surface area contributed by atoms with Gasteiger partial charge in [0.05, 0.1) is 24.2 Å². The Morgan fingerprint density at radius 1 is 1.31 bits per heavy atom. The van der Waals surface area contributed by atoms with Crippen molar-refractivity contribution in [1.82, 2.24) is 20.2 Å². The fraction of sp³-hybridized carbons (Fsp3) is 0.556. The molecule has 140 valence electrons. The zero-order chi connectivity index (χ0) is 18.9. The van der Waals surface area contributed by atoms with Gasteiger partial charge in [-0.05, 0) is 43.3 Å². The van der Waals surface area contributed by atoms with Crippen molar-refractivity contribution in [3.05, 3.63) is 41.5 Å². The summed E-state index contributed by atoms with van der Waals surface area (Å²) in [4.78, 5) is 12.6. The minimum absolute atomic E-state index is 0.112. The highest BCUT2D eigenvalue weighted by atomic mass is 19.1. The number of benzene rings is 1. The van der Waals surface area contributed by atoms with E-state index in [0.29, 0.717) is 37.3 Å². The molecule has 0 bridgehead atoms. The van der Waals surface area contributed by atoms with Crippen LogP contribution < -0.4 is 10.6 Å². The van der Waals surface area contributed by atoms with Gasteiger partial charge in [-0.15, -0.1) is 5.10 Å². The molecule has 0 unspecified atom stereocenters. The van der Waals surface area contributed by atoms with Gasteiger partial charge in [-0.2, -0.15) is 0 Å². The maximum atomic E-state index is 14.7. The monoisotopic (exact) mass is 361 g/mol. The number of hydrogen-bond donors (Lipinski definition) is 2. The second-order valence-corrected chi connectivity index (χ2v) is 7.91. The number of likely N-dealkylation sites (tertiary alicyclic amines) is 1. The summed E-state index contributed by atoms with van der Waals surface area (Å²) in [5.74, 6) is -0.00902. The Labute approximate surface area is 152 Å². The van der Waals surface area contributed by atoms with Gasteiger partial charge in [0, 0.05) is 18.8 Å². The molecular formula is C18H26FN6O+. The summed E-state index contributed by atoms with van der Waals surface area (Å²) in [6.07, 6.45) is 1.37. The summed E-state index contributed by atoms with van der Waals surface area (Å²) < 4.78 is 16.4. The number of nitrogens with one attached hydrogen (secondary N) is 1. The number of aromatic nitrogens is 4. The first-order valence-corrected chi connectivity index (χ1v) is 8.96. The zero-order valence-corrected chi connectivity index (χ0v) is 15.4. The van der Waals surface area contributed by atoms with Gasteiger partial charge in [0.1, 0.15) is 5.82 Å². The number of hydrogen-bond acceptors (Lipinski definition) is 4. The van der Waals surface area contributed by atoms with Gasteiger partial charge < -0.3 is 10.6 Å². The summed E-state index contributed by atoms with van der Waals surface area (Å²) in [6, 6.07) is 6.42. The number of piperidine rings is 1. The molecule has 0 radical (unpaired) electrons. The van der Waals surface area contributed by atoms with E-state index in [1.165, 1.54) is 6.07 Å². The Bertz CT molecular complexity index is 776. The number of carbonyl (C=O) groups excluding carboxylic acids is 1. The number of amides is 1. The lowest BCUT2D eigenvalue weighted by Gasteiger charge is -2.34. The average Bonchev–Trinajstić information content (AvgIpc) is 3.07. The topological polar surface area (TPSA) is 91.1 Å². The van der Waals surface area contributed by atoms with Gasteiger partial charge in [0.25, 0.3) is 0 Å². The molecule has 3 N–H and O–H groups in total. The molecule has 8 heteroatoms. The van der Waals surface area contributed by atoms with E-state index in [2.05, 4.69) is 15.5 Å². The molecule has 2 aromatic rings. The third-order valence-corrected chi connectivity index (χ3v) is 5.04. The molecule has 1 aliphatic rings. The second-order valence-electron chi connectivity index (χ2n) is 7.91. The van der Waals surface area contributed by atoms with Gasteiger partial charge in [-0.1, -0.05) is 12.1 Å². The molecule has 1 fully saturated rings. The van der Waals surface area contributed by atoms with Crippen LogP contribution in [0.15, 0.2) is 24.3 Å². The summed E-state index contributed by atoms with van der Waals surface area (Å²) in [7, 11) is 0. The first-order chi connectivity index (χ1) is 12.3. The first-order valence-electron chi connectivity index (χ1n) is 8.96. The van der Waals surface area contributed by atoms with E-state index in [-0.39, 0.29) is 29.2 Å². The molecule has 1 atom stereocenters. The normalized spacial score (nSPS) is 22.2. The minimum atomic E-state index is -0.334. The van der Waals surface area contributed by atoms with Crippen molar-refractivity contribution < 1.29 is 14.1 Å². The highest BCUT2D eigenvalue weighted by molar-refractivity contribution is 5.76. The van der Waals surface area contributed by atoms with E-state index in [1.807, 2.05) is 26.8 Å². The smallest absolute Gasteiger partial charge is 0.220 e. The van der Waals surface area contributed by atoms with Crippen LogP contribution in [0, 0.1) is 11.7 Å². The fourth-order valence-corrected chi connectivity index (χ4v) is 3.66. The standard InChI is InChI=1S/C18H25FN6O/c1-18(2,3)25-17(21-22-23-25)15(13-6-4-5-7-14(13)19)24-10-8-12(9-11-24)16(20)26/h4-7,12,15H,8-11H2,1-3H3,(H2,20,26)/p+1/t15-/m0/s1. The second kappa shape index (κ2) is 7.11. The number of primary amides is 1. The van der Waals surface area contributed by atoms with Crippen molar-refractivity contribution in [3.8, 4) is 0 Å². The predicted octanol–water partition coefficient (Wildman–Crippen LogP) is 0.437. The maximum Gasteiger partial charge on any atom is 0.220 e. The molecule has 0 saturated carbocycles. The third-order valence-electron chi connectivity index (χ3n) is 5.04. The number of nitrogens with two attached hydrogens (primary N) is 1. The molecule has 1 aliphatic heterocycles. The van der Waals surface area contributed by atoms with Crippen LogP contribution in [-0.2, 0) is 10.3 Å². The van der Waals surface area contributed by atoms with Crippen LogP contribution in [0.25, 0.3) is 0 Å². The van der Waals surface area contributed by atoms with Crippen LogP contribution >= 0.6 is 0 Å². The van der Waals surface area contributed by atoms with Crippen LogP contribution in [-0.4, -0.2) is 39.2 Å². The van der Waals surface area contributed by atoms with E-state index in [1.54, 1.807) is 16.8 Å². The van der Waals surface area contributed by atoms with E-state index in [9.17, 15) is 9.18 Å². The van der Waals surface area contributed by atoms with Crippen LogP contribution in [0.3, 0.4) is 0 Å². The zero-order valence-electron chi connectivity index (χ0n) is 15.4. The summed E-state index contributed by atoms with van der Waals surface area (Å²) in [5.41, 5.74) is 5.70. The Morgan fingerprint density at radius 3 is 2.54 bits per heavy atom. The molecule has 1 aromatic carbocycles. The molecule has 3 rings (SSSR count). The molecule has 0 aliphatic carbocycles. The molecule has 1 amide bonds. The number of tetrazole rings is 1. The minimum Gasteiger partial charge on any atom is -0.369 e. The SMILES string of the molecule is CC(C)(C)n1nnnc1[C@H](c1ccccc1F)[NH+]1CCC(C(N)=O)CC1. The van der Waals surface area contributed by atoms with Gasteiger partial charge in [0.2, 0.25) is 11.7 Å². The number of quaternary nitrogens is 1. The van der Waals surface area contributed by atoms with Gasteiger partial charge >= 0.3 is 0 Å². The highest BCUT2D eigenvalue weighted by Gasteiger charge is 2.38.